The second kappa shape index (κ2) is 10.3. The van der Waals surface area contributed by atoms with Crippen LogP contribution < -0.4 is 14.8 Å². The van der Waals surface area contributed by atoms with Crippen molar-refractivity contribution in [2.24, 2.45) is 5.92 Å². The highest BCUT2D eigenvalue weighted by Gasteiger charge is 2.55. The Morgan fingerprint density at radius 1 is 1.11 bits per heavy atom. The number of likely N-dealkylation sites (tertiary alicyclic amines) is 2. The van der Waals surface area contributed by atoms with E-state index in [0.717, 1.165) is 31.4 Å². The minimum absolute atomic E-state index is 0.0302. The van der Waals surface area contributed by atoms with Crippen LogP contribution in [0.4, 0.5) is 4.79 Å². The van der Waals surface area contributed by atoms with Crippen LogP contribution in [0.1, 0.15) is 57.4 Å². The topological polar surface area (TPSA) is 91.4 Å². The number of piperidine rings is 1. The molecular formula is C27H38N4O5. The van der Waals surface area contributed by atoms with Crippen LogP contribution in [0.2, 0.25) is 0 Å². The van der Waals surface area contributed by atoms with Gasteiger partial charge in [0.25, 0.3) is 5.91 Å². The van der Waals surface area contributed by atoms with Crippen molar-refractivity contribution in [1.29, 1.82) is 0 Å². The Bertz CT molecular complexity index is 1010. The Morgan fingerprint density at radius 3 is 2.61 bits per heavy atom. The number of urea groups is 1. The van der Waals surface area contributed by atoms with E-state index in [2.05, 4.69) is 24.2 Å². The molecule has 3 fully saturated rings. The zero-order chi connectivity index (χ0) is 25.3. The van der Waals surface area contributed by atoms with Crippen LogP contribution in [-0.4, -0.2) is 84.1 Å². The third kappa shape index (κ3) is 4.65. The van der Waals surface area contributed by atoms with Crippen molar-refractivity contribution in [2.75, 3.05) is 40.0 Å². The van der Waals surface area contributed by atoms with Crippen LogP contribution in [0, 0.1) is 5.92 Å². The van der Waals surface area contributed by atoms with Gasteiger partial charge in [-0.15, -0.1) is 0 Å². The van der Waals surface area contributed by atoms with Gasteiger partial charge >= 0.3 is 6.03 Å². The lowest BCUT2D eigenvalue weighted by atomic mass is 9.74. The van der Waals surface area contributed by atoms with E-state index in [4.69, 9.17) is 9.47 Å². The van der Waals surface area contributed by atoms with Gasteiger partial charge in [-0.2, -0.15) is 0 Å². The molecule has 5 rings (SSSR count). The monoisotopic (exact) mass is 498 g/mol. The number of rotatable bonds is 8. The lowest BCUT2D eigenvalue weighted by molar-refractivity contribution is -0.136. The number of amides is 4. The first-order valence-electron chi connectivity index (χ1n) is 13.4. The largest absolute Gasteiger partial charge is 0.454 e. The summed E-state index contributed by atoms with van der Waals surface area (Å²) in [4.78, 5) is 45.3. The van der Waals surface area contributed by atoms with Gasteiger partial charge in [0.1, 0.15) is 5.54 Å². The zero-order valence-corrected chi connectivity index (χ0v) is 21.5. The number of imide groups is 1. The van der Waals surface area contributed by atoms with Crippen LogP contribution in [0.25, 0.3) is 0 Å². The number of carbonyl (C=O) groups excluding carboxylic acids is 3. The molecule has 3 saturated heterocycles. The maximum Gasteiger partial charge on any atom is 0.325 e. The smallest absolute Gasteiger partial charge is 0.325 e. The van der Waals surface area contributed by atoms with Gasteiger partial charge in [-0.05, 0) is 75.7 Å². The lowest BCUT2D eigenvalue weighted by Gasteiger charge is -2.41. The molecule has 2 atom stereocenters. The molecule has 0 unspecified atom stereocenters. The lowest BCUT2D eigenvalue weighted by Crippen LogP contribution is -2.56. The molecule has 1 aromatic carbocycles. The predicted molar refractivity (Wildman–Crippen MR) is 134 cm³/mol. The molecule has 0 aliphatic carbocycles. The molecule has 9 nitrogen and oxygen atoms in total. The normalized spacial score (nSPS) is 26.7. The number of carbonyl (C=O) groups is 3. The van der Waals surface area contributed by atoms with Gasteiger partial charge in [-0.25, -0.2) is 4.79 Å². The average molecular weight is 499 g/mol. The van der Waals surface area contributed by atoms with Gasteiger partial charge in [0.15, 0.2) is 11.5 Å². The van der Waals surface area contributed by atoms with Crippen molar-refractivity contribution >= 4 is 17.8 Å². The summed E-state index contributed by atoms with van der Waals surface area (Å²) in [6.07, 6.45) is 6.29. The van der Waals surface area contributed by atoms with Crippen molar-refractivity contribution in [3.8, 4) is 11.5 Å². The maximum absolute atomic E-state index is 13.7. The molecule has 4 aliphatic heterocycles. The molecule has 0 aromatic heterocycles. The van der Waals surface area contributed by atoms with Gasteiger partial charge in [-0.3, -0.25) is 14.5 Å². The Kier molecular flexibility index (Phi) is 7.10. The van der Waals surface area contributed by atoms with Crippen molar-refractivity contribution in [2.45, 2.75) is 69.9 Å². The number of ether oxygens (including phenoxy) is 2. The van der Waals surface area contributed by atoms with E-state index in [-0.39, 0.29) is 30.6 Å². The number of hydrogen-bond acceptors (Lipinski definition) is 6. The Labute approximate surface area is 213 Å². The van der Waals surface area contributed by atoms with E-state index in [1.165, 1.54) is 11.3 Å². The molecule has 4 heterocycles. The highest BCUT2D eigenvalue weighted by Crippen LogP contribution is 2.38. The molecule has 0 saturated carbocycles. The Morgan fingerprint density at radius 2 is 1.89 bits per heavy atom. The van der Waals surface area contributed by atoms with Crippen molar-refractivity contribution in [3.05, 3.63) is 23.8 Å². The minimum Gasteiger partial charge on any atom is -0.454 e. The summed E-state index contributed by atoms with van der Waals surface area (Å²) in [7, 11) is 2.12. The second-order valence-corrected chi connectivity index (χ2v) is 10.7. The standard InChI is InChI=1S/C27H38N4O5/c1-3-11-27(25(33)31(26(34)28-27)15-10-21-5-4-12-29(21)2)20-8-13-30(14-9-20)24(32)17-19-6-7-22-23(16-19)36-18-35-22/h6-7,16,20-21H,3-5,8-15,17-18H2,1-2H3,(H,28,34)/t21-,27-/m0/s1. The molecule has 0 spiro atoms. The summed E-state index contributed by atoms with van der Waals surface area (Å²) >= 11 is 0. The number of hydrogen-bond donors (Lipinski definition) is 1. The van der Waals surface area contributed by atoms with Gasteiger partial charge < -0.3 is 24.6 Å². The van der Waals surface area contributed by atoms with Crippen LogP contribution in [0.3, 0.4) is 0 Å². The zero-order valence-electron chi connectivity index (χ0n) is 21.5. The third-order valence-electron chi connectivity index (χ3n) is 8.54. The first-order valence-corrected chi connectivity index (χ1v) is 13.4. The van der Waals surface area contributed by atoms with E-state index in [9.17, 15) is 14.4 Å². The molecule has 1 aromatic rings. The second-order valence-electron chi connectivity index (χ2n) is 10.7. The number of fused-ring (bicyclic) bond motifs is 1. The van der Waals surface area contributed by atoms with E-state index in [0.29, 0.717) is 62.9 Å². The third-order valence-corrected chi connectivity index (χ3v) is 8.54. The number of benzene rings is 1. The molecule has 9 heteroatoms. The highest BCUT2D eigenvalue weighted by atomic mass is 16.7. The van der Waals surface area contributed by atoms with Crippen LogP contribution in [0.5, 0.6) is 11.5 Å². The van der Waals surface area contributed by atoms with Crippen LogP contribution in [-0.2, 0) is 16.0 Å². The molecule has 0 radical (unpaired) electrons. The molecule has 4 aliphatic rings. The van der Waals surface area contributed by atoms with E-state index in [1.54, 1.807) is 0 Å². The average Bonchev–Trinajstić information content (AvgIpc) is 3.57. The summed E-state index contributed by atoms with van der Waals surface area (Å²) < 4.78 is 10.8. The Hall–Kier alpha value is -2.81. The first-order chi connectivity index (χ1) is 17.4. The summed E-state index contributed by atoms with van der Waals surface area (Å²) in [6, 6.07) is 5.80. The Balaban J connectivity index is 1.19. The van der Waals surface area contributed by atoms with Crippen molar-refractivity contribution < 1.29 is 23.9 Å². The fourth-order valence-electron chi connectivity index (χ4n) is 6.47. The van der Waals surface area contributed by atoms with Gasteiger partial charge in [0.2, 0.25) is 12.7 Å². The minimum atomic E-state index is -0.847. The molecular weight excluding hydrogens is 460 g/mol. The van der Waals surface area contributed by atoms with Crippen LogP contribution in [0.15, 0.2) is 18.2 Å². The fraction of sp³-hybridized carbons (Fsp3) is 0.667. The first kappa shape index (κ1) is 24.9. The van der Waals surface area contributed by atoms with Crippen molar-refractivity contribution in [3.63, 3.8) is 0 Å². The molecule has 196 valence electrons. The van der Waals surface area contributed by atoms with E-state index >= 15 is 0 Å². The van der Waals surface area contributed by atoms with Gasteiger partial charge in [-0.1, -0.05) is 19.4 Å². The summed E-state index contributed by atoms with van der Waals surface area (Å²) in [6.45, 7) is 5.01. The summed E-state index contributed by atoms with van der Waals surface area (Å²) in [5.74, 6) is 1.42. The van der Waals surface area contributed by atoms with Crippen molar-refractivity contribution in [1.82, 2.24) is 20.0 Å². The fourth-order valence-corrected chi connectivity index (χ4v) is 6.47. The predicted octanol–water partition coefficient (Wildman–Crippen LogP) is 2.77. The van der Waals surface area contributed by atoms with E-state index < -0.39 is 5.54 Å². The van der Waals surface area contributed by atoms with Crippen LogP contribution >= 0.6 is 0 Å². The number of nitrogens with zero attached hydrogens (tertiary/aromatic N) is 3. The maximum atomic E-state index is 13.7. The summed E-state index contributed by atoms with van der Waals surface area (Å²) in [5.41, 5.74) is 0.0514. The summed E-state index contributed by atoms with van der Waals surface area (Å²) in [5, 5.41) is 3.13. The molecule has 0 bridgehead atoms. The SMILES string of the molecule is CCC[C@@]1(C2CCN(C(=O)Cc3ccc4c(c3)OCO4)CC2)NC(=O)N(CC[C@@H]2CCCN2C)C1=O. The number of nitrogens with one attached hydrogen (secondary N) is 1. The molecule has 4 amide bonds. The highest BCUT2D eigenvalue weighted by molar-refractivity contribution is 6.07. The van der Waals surface area contributed by atoms with E-state index in [1.807, 2.05) is 23.1 Å². The quantitative estimate of drug-likeness (QED) is 0.555. The molecule has 1 N–H and O–H groups in total. The van der Waals surface area contributed by atoms with Gasteiger partial charge in [0, 0.05) is 25.7 Å². The molecule has 36 heavy (non-hydrogen) atoms. The van der Waals surface area contributed by atoms with Gasteiger partial charge in [0.05, 0.1) is 6.42 Å².